The average Bonchev–Trinajstić information content (AvgIpc) is 3.30. The van der Waals surface area contributed by atoms with Crippen LogP contribution in [0, 0.1) is 13.8 Å². The summed E-state index contributed by atoms with van der Waals surface area (Å²) in [6, 6.07) is 8.87. The third kappa shape index (κ3) is 3.32. The summed E-state index contributed by atoms with van der Waals surface area (Å²) in [5.74, 6) is -0.725. The normalized spacial score (nSPS) is 13.9. The number of carbonyl (C=O) groups excluding carboxylic acids is 2. The minimum absolute atomic E-state index is 0.180. The molecule has 0 unspecified atom stereocenters. The summed E-state index contributed by atoms with van der Waals surface area (Å²) < 4.78 is 7.32. The highest BCUT2D eigenvalue weighted by atomic mass is 35.5. The second-order valence-corrected chi connectivity index (χ2v) is 6.33. The van der Waals surface area contributed by atoms with Crippen molar-refractivity contribution in [3.8, 4) is 0 Å². The van der Waals surface area contributed by atoms with Crippen LogP contribution in [-0.4, -0.2) is 22.9 Å². The van der Waals surface area contributed by atoms with Crippen molar-refractivity contribution in [2.24, 2.45) is 0 Å². The molecule has 1 heterocycles. The van der Waals surface area contributed by atoms with Gasteiger partial charge < -0.3 is 9.30 Å². The molecule has 120 valence electrons. The largest absolute Gasteiger partial charge is 0.454 e. The lowest BCUT2D eigenvalue weighted by molar-refractivity contribution is 0.0474. The monoisotopic (exact) mass is 331 g/mol. The predicted molar refractivity (Wildman–Crippen MR) is 88.2 cm³/mol. The lowest BCUT2D eigenvalue weighted by Gasteiger charge is -2.08. The van der Waals surface area contributed by atoms with Gasteiger partial charge in [0.2, 0.25) is 5.78 Å². The first kappa shape index (κ1) is 15.8. The van der Waals surface area contributed by atoms with E-state index in [0.717, 1.165) is 24.2 Å². The highest BCUT2D eigenvalue weighted by molar-refractivity contribution is 6.30. The summed E-state index contributed by atoms with van der Waals surface area (Å²) in [6.45, 7) is 3.68. The number of aromatic nitrogens is 1. The zero-order valence-electron chi connectivity index (χ0n) is 13.1. The van der Waals surface area contributed by atoms with E-state index in [1.54, 1.807) is 18.2 Å². The smallest absolute Gasteiger partial charge is 0.338 e. The van der Waals surface area contributed by atoms with Crippen molar-refractivity contribution in [1.29, 1.82) is 0 Å². The van der Waals surface area contributed by atoms with E-state index >= 15 is 0 Å². The molecule has 0 atom stereocenters. The highest BCUT2D eigenvalue weighted by Crippen LogP contribution is 2.38. The molecule has 2 aromatic rings. The molecule has 23 heavy (non-hydrogen) atoms. The number of hydrogen-bond acceptors (Lipinski definition) is 3. The van der Waals surface area contributed by atoms with Gasteiger partial charge in [-0.15, -0.1) is 0 Å². The summed E-state index contributed by atoms with van der Waals surface area (Å²) in [5, 5.41) is 0.457. The molecule has 0 N–H and O–H groups in total. The summed E-state index contributed by atoms with van der Waals surface area (Å²) >= 11 is 5.85. The molecular formula is C18H18ClNO3. The van der Waals surface area contributed by atoms with Gasteiger partial charge in [-0.25, -0.2) is 4.79 Å². The van der Waals surface area contributed by atoms with Crippen molar-refractivity contribution in [3.05, 3.63) is 57.9 Å². The van der Waals surface area contributed by atoms with Gasteiger partial charge in [0.15, 0.2) is 6.61 Å². The van der Waals surface area contributed by atoms with Crippen LogP contribution in [0.15, 0.2) is 30.3 Å². The van der Waals surface area contributed by atoms with Crippen LogP contribution in [0.4, 0.5) is 0 Å². The molecule has 5 heteroatoms. The third-order valence-corrected chi connectivity index (χ3v) is 4.33. The predicted octanol–water partition coefficient (Wildman–Crippen LogP) is 4.13. The van der Waals surface area contributed by atoms with Crippen LogP contribution >= 0.6 is 11.6 Å². The standard InChI is InChI=1S/C18H18ClNO3/c1-11-8-16(12(2)20(11)15-6-7-15)17(21)10-23-18(22)13-4-3-5-14(19)9-13/h3-5,8-9,15H,6-7,10H2,1-2H3. The second kappa shape index (κ2) is 6.20. The lowest BCUT2D eigenvalue weighted by atomic mass is 10.1. The molecule has 1 fully saturated rings. The summed E-state index contributed by atoms with van der Waals surface area (Å²) in [4.78, 5) is 24.3. The summed E-state index contributed by atoms with van der Waals surface area (Å²) in [5.41, 5.74) is 3.00. The Kier molecular flexibility index (Phi) is 4.26. The van der Waals surface area contributed by atoms with Crippen LogP contribution in [0.2, 0.25) is 5.02 Å². The molecule has 1 saturated carbocycles. The van der Waals surface area contributed by atoms with E-state index in [9.17, 15) is 9.59 Å². The molecule has 4 nitrogen and oxygen atoms in total. The molecular weight excluding hydrogens is 314 g/mol. The molecule has 1 aliphatic rings. The fourth-order valence-corrected chi connectivity index (χ4v) is 3.05. The molecule has 0 radical (unpaired) electrons. The van der Waals surface area contributed by atoms with Crippen molar-refractivity contribution in [1.82, 2.24) is 4.57 Å². The van der Waals surface area contributed by atoms with Crippen LogP contribution in [0.1, 0.15) is 51.0 Å². The number of carbonyl (C=O) groups is 2. The van der Waals surface area contributed by atoms with Crippen LogP contribution in [-0.2, 0) is 4.74 Å². The Labute approximate surface area is 140 Å². The first-order chi connectivity index (χ1) is 11.0. The molecule has 3 rings (SSSR count). The number of aryl methyl sites for hydroxylation is 1. The molecule has 1 aromatic heterocycles. The van der Waals surface area contributed by atoms with Crippen molar-refractivity contribution in [3.63, 3.8) is 0 Å². The van der Waals surface area contributed by atoms with Crippen LogP contribution in [0.25, 0.3) is 0 Å². The fourth-order valence-electron chi connectivity index (χ4n) is 2.86. The SMILES string of the molecule is Cc1cc(C(=O)COC(=O)c2cccc(Cl)c2)c(C)n1C1CC1. The number of esters is 1. The highest BCUT2D eigenvalue weighted by Gasteiger charge is 2.28. The molecule has 0 aliphatic heterocycles. The van der Waals surface area contributed by atoms with Gasteiger partial charge in [0.25, 0.3) is 0 Å². The molecule has 0 amide bonds. The Hall–Kier alpha value is -2.07. The van der Waals surface area contributed by atoms with E-state index in [1.165, 1.54) is 6.07 Å². The lowest BCUT2D eigenvalue weighted by Crippen LogP contribution is -2.15. The number of hydrogen-bond donors (Lipinski definition) is 0. The second-order valence-electron chi connectivity index (χ2n) is 5.90. The number of rotatable bonds is 5. The van der Waals surface area contributed by atoms with E-state index in [2.05, 4.69) is 4.57 Å². The van der Waals surface area contributed by atoms with Crippen molar-refractivity contribution < 1.29 is 14.3 Å². The molecule has 1 aromatic carbocycles. The number of benzene rings is 1. The van der Waals surface area contributed by atoms with Crippen LogP contribution in [0.5, 0.6) is 0 Å². The minimum atomic E-state index is -0.545. The number of ketones is 1. The maximum atomic E-state index is 12.4. The summed E-state index contributed by atoms with van der Waals surface area (Å²) in [6.07, 6.45) is 2.32. The first-order valence-electron chi connectivity index (χ1n) is 7.61. The van der Waals surface area contributed by atoms with Gasteiger partial charge in [-0.3, -0.25) is 4.79 Å². The number of ether oxygens (including phenoxy) is 1. The topological polar surface area (TPSA) is 48.3 Å². The Morgan fingerprint density at radius 1 is 1.26 bits per heavy atom. The molecule has 0 bridgehead atoms. The zero-order chi connectivity index (χ0) is 16.6. The maximum absolute atomic E-state index is 12.4. The molecule has 0 saturated heterocycles. The van der Waals surface area contributed by atoms with Crippen molar-refractivity contribution in [2.45, 2.75) is 32.7 Å². The van der Waals surface area contributed by atoms with Gasteiger partial charge in [-0.05, 0) is 51.0 Å². The average molecular weight is 332 g/mol. The van der Waals surface area contributed by atoms with Crippen LogP contribution < -0.4 is 0 Å². The van der Waals surface area contributed by atoms with Gasteiger partial charge in [-0.2, -0.15) is 0 Å². The fraction of sp³-hybridized carbons (Fsp3) is 0.333. The van der Waals surface area contributed by atoms with Crippen molar-refractivity contribution >= 4 is 23.4 Å². The third-order valence-electron chi connectivity index (χ3n) is 4.09. The first-order valence-corrected chi connectivity index (χ1v) is 7.99. The van der Waals surface area contributed by atoms with E-state index < -0.39 is 5.97 Å². The Balaban J connectivity index is 1.68. The Morgan fingerprint density at radius 3 is 2.65 bits per heavy atom. The number of halogens is 1. The number of nitrogens with zero attached hydrogens (tertiary/aromatic N) is 1. The molecule has 0 spiro atoms. The van der Waals surface area contributed by atoms with E-state index in [0.29, 0.717) is 22.2 Å². The van der Waals surface area contributed by atoms with Gasteiger partial charge >= 0.3 is 5.97 Å². The van der Waals surface area contributed by atoms with Crippen LogP contribution in [0.3, 0.4) is 0 Å². The van der Waals surface area contributed by atoms with Gasteiger partial charge in [0.1, 0.15) is 0 Å². The van der Waals surface area contributed by atoms with Gasteiger partial charge in [-0.1, -0.05) is 17.7 Å². The van der Waals surface area contributed by atoms with Gasteiger partial charge in [0.05, 0.1) is 5.56 Å². The van der Waals surface area contributed by atoms with E-state index in [1.807, 2.05) is 19.9 Å². The van der Waals surface area contributed by atoms with Crippen molar-refractivity contribution in [2.75, 3.05) is 6.61 Å². The zero-order valence-corrected chi connectivity index (χ0v) is 13.9. The quantitative estimate of drug-likeness (QED) is 0.611. The molecule has 1 aliphatic carbocycles. The van der Waals surface area contributed by atoms with Gasteiger partial charge in [0, 0.05) is 28.0 Å². The maximum Gasteiger partial charge on any atom is 0.338 e. The van der Waals surface area contributed by atoms with E-state index in [4.69, 9.17) is 16.3 Å². The Bertz CT molecular complexity index is 775. The Morgan fingerprint density at radius 2 is 2.00 bits per heavy atom. The summed E-state index contributed by atoms with van der Waals surface area (Å²) in [7, 11) is 0. The number of Topliss-reactive ketones (excluding diaryl/α,β-unsaturated/α-hetero) is 1. The van der Waals surface area contributed by atoms with E-state index in [-0.39, 0.29) is 12.4 Å². The minimum Gasteiger partial charge on any atom is -0.454 e.